The summed E-state index contributed by atoms with van der Waals surface area (Å²) in [6.07, 6.45) is -0.0149. The van der Waals surface area contributed by atoms with Crippen molar-refractivity contribution in [2.75, 3.05) is 7.11 Å². The highest BCUT2D eigenvalue weighted by Gasteiger charge is 2.16. The summed E-state index contributed by atoms with van der Waals surface area (Å²) in [7, 11) is 1.31. The lowest BCUT2D eigenvalue weighted by Crippen LogP contribution is -2.14. The summed E-state index contributed by atoms with van der Waals surface area (Å²) in [5, 5.41) is 8.63. The van der Waals surface area contributed by atoms with Crippen LogP contribution in [0.3, 0.4) is 0 Å². The molecule has 0 saturated heterocycles. The van der Waals surface area contributed by atoms with Gasteiger partial charge in [0.25, 0.3) is 0 Å². The van der Waals surface area contributed by atoms with Crippen LogP contribution in [0.4, 0.5) is 0 Å². The van der Waals surface area contributed by atoms with Gasteiger partial charge in [0, 0.05) is 12.2 Å². The predicted octanol–water partition coefficient (Wildman–Crippen LogP) is 1.37. The second-order valence-corrected chi connectivity index (χ2v) is 3.58. The standard InChI is InChI=1S/C11H15NO4/c1-7-6-9(11(15)16-3)12(8(7)2)5-4-10(13)14/h6H,4-5H2,1-3H3,(H,13,14). The number of carboxylic acids is 1. The minimum atomic E-state index is -0.887. The van der Waals surface area contributed by atoms with Crippen molar-refractivity contribution in [1.82, 2.24) is 4.57 Å². The number of carbonyl (C=O) groups excluding carboxylic acids is 1. The van der Waals surface area contributed by atoms with E-state index in [4.69, 9.17) is 5.11 Å². The van der Waals surface area contributed by atoms with Crippen molar-refractivity contribution in [2.45, 2.75) is 26.8 Å². The van der Waals surface area contributed by atoms with Crippen LogP contribution in [0.25, 0.3) is 0 Å². The molecule has 1 heterocycles. The minimum absolute atomic E-state index is 0.0149. The van der Waals surface area contributed by atoms with Crippen molar-refractivity contribution >= 4 is 11.9 Å². The molecule has 0 saturated carbocycles. The first kappa shape index (κ1) is 12.3. The number of hydrogen-bond donors (Lipinski definition) is 1. The highest BCUT2D eigenvalue weighted by atomic mass is 16.5. The minimum Gasteiger partial charge on any atom is -0.481 e. The van der Waals surface area contributed by atoms with E-state index in [1.165, 1.54) is 7.11 Å². The van der Waals surface area contributed by atoms with Crippen LogP contribution < -0.4 is 0 Å². The van der Waals surface area contributed by atoms with Crippen LogP contribution in [-0.4, -0.2) is 28.7 Å². The normalized spacial score (nSPS) is 10.2. The molecule has 0 radical (unpaired) electrons. The molecule has 1 aromatic rings. The first-order valence-electron chi connectivity index (χ1n) is 4.94. The summed E-state index contributed by atoms with van der Waals surface area (Å²) in [6.45, 7) is 4.00. The quantitative estimate of drug-likeness (QED) is 0.786. The molecule has 1 N–H and O–H groups in total. The second kappa shape index (κ2) is 4.83. The lowest BCUT2D eigenvalue weighted by Gasteiger charge is -2.08. The van der Waals surface area contributed by atoms with Crippen LogP contribution in [0.5, 0.6) is 0 Å². The summed E-state index contributed by atoms with van der Waals surface area (Å²) >= 11 is 0. The average molecular weight is 225 g/mol. The van der Waals surface area contributed by atoms with Gasteiger partial charge in [-0.1, -0.05) is 0 Å². The van der Waals surface area contributed by atoms with Gasteiger partial charge >= 0.3 is 11.9 Å². The third kappa shape index (κ3) is 2.42. The molecule has 16 heavy (non-hydrogen) atoms. The number of nitrogens with zero attached hydrogens (tertiary/aromatic N) is 1. The first-order valence-corrected chi connectivity index (χ1v) is 4.94. The molecule has 0 atom stereocenters. The zero-order valence-electron chi connectivity index (χ0n) is 9.61. The Morgan fingerprint density at radius 2 is 2.06 bits per heavy atom. The largest absolute Gasteiger partial charge is 0.481 e. The van der Waals surface area contributed by atoms with Crippen LogP contribution in [-0.2, 0) is 16.1 Å². The molecule has 5 nitrogen and oxygen atoms in total. The molecule has 0 unspecified atom stereocenters. The number of carbonyl (C=O) groups is 2. The number of hydrogen-bond acceptors (Lipinski definition) is 3. The van der Waals surface area contributed by atoms with E-state index in [-0.39, 0.29) is 13.0 Å². The number of aromatic nitrogens is 1. The summed E-state index contributed by atoms with van der Waals surface area (Å²) in [5.74, 6) is -1.33. The maximum atomic E-state index is 11.5. The molecule has 88 valence electrons. The Labute approximate surface area is 93.6 Å². The number of carboxylic acid groups (broad SMARTS) is 1. The van der Waals surface area contributed by atoms with Gasteiger partial charge in [0.1, 0.15) is 5.69 Å². The van der Waals surface area contributed by atoms with E-state index in [9.17, 15) is 9.59 Å². The van der Waals surface area contributed by atoms with E-state index < -0.39 is 11.9 Å². The van der Waals surface area contributed by atoms with Crippen LogP contribution in [0, 0.1) is 13.8 Å². The zero-order chi connectivity index (χ0) is 12.3. The summed E-state index contributed by atoms with van der Waals surface area (Å²) < 4.78 is 6.32. The van der Waals surface area contributed by atoms with Crippen LogP contribution in [0.1, 0.15) is 28.2 Å². The van der Waals surface area contributed by atoms with Gasteiger partial charge in [-0.2, -0.15) is 0 Å². The summed E-state index contributed by atoms with van der Waals surface area (Å²) in [6, 6.07) is 1.71. The van der Waals surface area contributed by atoms with Gasteiger partial charge in [-0.05, 0) is 25.5 Å². The molecule has 0 fully saturated rings. The Balaban J connectivity index is 3.04. The summed E-state index contributed by atoms with van der Waals surface area (Å²) in [4.78, 5) is 22.0. The number of aryl methyl sites for hydroxylation is 1. The molecule has 0 aliphatic carbocycles. The maximum absolute atomic E-state index is 11.5. The van der Waals surface area contributed by atoms with E-state index in [0.717, 1.165) is 11.3 Å². The van der Waals surface area contributed by atoms with Gasteiger partial charge in [-0.15, -0.1) is 0 Å². The summed E-state index contributed by atoms with van der Waals surface area (Å²) in [5.41, 5.74) is 2.24. The fourth-order valence-corrected chi connectivity index (χ4v) is 1.55. The molecule has 0 spiro atoms. The monoisotopic (exact) mass is 225 g/mol. The van der Waals surface area contributed by atoms with Gasteiger partial charge in [0.15, 0.2) is 0 Å². The predicted molar refractivity (Wildman–Crippen MR) is 57.5 cm³/mol. The highest BCUT2D eigenvalue weighted by molar-refractivity contribution is 5.88. The Morgan fingerprint density at radius 3 is 2.56 bits per heavy atom. The number of aliphatic carboxylic acids is 1. The van der Waals surface area contributed by atoms with Gasteiger partial charge in [-0.25, -0.2) is 4.79 Å². The molecule has 0 amide bonds. The second-order valence-electron chi connectivity index (χ2n) is 3.58. The lowest BCUT2D eigenvalue weighted by atomic mass is 10.3. The SMILES string of the molecule is COC(=O)c1cc(C)c(C)n1CCC(=O)O. The highest BCUT2D eigenvalue weighted by Crippen LogP contribution is 2.16. The molecule has 0 aliphatic heterocycles. The van der Waals surface area contributed by atoms with Crippen LogP contribution >= 0.6 is 0 Å². The van der Waals surface area contributed by atoms with Crippen molar-refractivity contribution < 1.29 is 19.4 Å². The molecule has 0 bridgehead atoms. The van der Waals surface area contributed by atoms with Crippen LogP contribution in [0.2, 0.25) is 0 Å². The third-order valence-electron chi connectivity index (χ3n) is 2.56. The van der Waals surface area contributed by atoms with E-state index in [2.05, 4.69) is 4.74 Å². The molecular formula is C11H15NO4. The topological polar surface area (TPSA) is 68.5 Å². The first-order chi connectivity index (χ1) is 7.47. The Morgan fingerprint density at radius 1 is 1.44 bits per heavy atom. The van der Waals surface area contributed by atoms with E-state index in [0.29, 0.717) is 5.69 Å². The fraction of sp³-hybridized carbons (Fsp3) is 0.455. The average Bonchev–Trinajstić information content (AvgIpc) is 2.52. The Bertz CT molecular complexity index is 420. The fourth-order valence-electron chi connectivity index (χ4n) is 1.55. The lowest BCUT2D eigenvalue weighted by molar-refractivity contribution is -0.137. The van der Waals surface area contributed by atoms with Gasteiger partial charge in [0.05, 0.1) is 13.5 Å². The third-order valence-corrected chi connectivity index (χ3v) is 2.56. The Kier molecular flexibility index (Phi) is 3.71. The molecule has 0 aromatic carbocycles. The van der Waals surface area contributed by atoms with Gasteiger partial charge in [0.2, 0.25) is 0 Å². The maximum Gasteiger partial charge on any atom is 0.354 e. The smallest absolute Gasteiger partial charge is 0.354 e. The molecule has 1 rings (SSSR count). The number of ether oxygens (including phenoxy) is 1. The van der Waals surface area contributed by atoms with E-state index in [1.807, 2.05) is 13.8 Å². The molecular weight excluding hydrogens is 210 g/mol. The van der Waals surface area contributed by atoms with Crippen molar-refractivity contribution in [3.63, 3.8) is 0 Å². The number of esters is 1. The van der Waals surface area contributed by atoms with E-state index in [1.54, 1.807) is 10.6 Å². The van der Waals surface area contributed by atoms with Crippen molar-refractivity contribution in [2.24, 2.45) is 0 Å². The van der Waals surface area contributed by atoms with Gasteiger partial charge < -0.3 is 14.4 Å². The number of rotatable bonds is 4. The van der Waals surface area contributed by atoms with E-state index >= 15 is 0 Å². The van der Waals surface area contributed by atoms with Crippen molar-refractivity contribution in [3.8, 4) is 0 Å². The molecule has 5 heteroatoms. The zero-order valence-corrected chi connectivity index (χ0v) is 9.61. The van der Waals surface area contributed by atoms with Crippen molar-refractivity contribution in [3.05, 3.63) is 23.0 Å². The van der Waals surface area contributed by atoms with Crippen molar-refractivity contribution in [1.29, 1.82) is 0 Å². The van der Waals surface area contributed by atoms with Crippen LogP contribution in [0.15, 0.2) is 6.07 Å². The molecule has 0 aliphatic rings. The number of methoxy groups -OCH3 is 1. The molecule has 1 aromatic heterocycles. The van der Waals surface area contributed by atoms with Gasteiger partial charge in [-0.3, -0.25) is 4.79 Å². The Hall–Kier alpha value is -1.78.